The van der Waals surface area contributed by atoms with Crippen LogP contribution in [-0.4, -0.2) is 35.3 Å². The molecule has 70 valence electrons. The van der Waals surface area contributed by atoms with Gasteiger partial charge in [-0.1, -0.05) is 0 Å². The number of nitrogens with zero attached hydrogens (tertiary/aromatic N) is 3. The second-order valence-corrected chi connectivity index (χ2v) is 2.70. The molecule has 1 atom stereocenters. The van der Waals surface area contributed by atoms with Crippen molar-refractivity contribution < 1.29 is 5.11 Å². The van der Waals surface area contributed by atoms with E-state index >= 15 is 0 Å². The number of hydrogen-bond donors (Lipinski definition) is 4. The summed E-state index contributed by atoms with van der Waals surface area (Å²) in [6, 6.07) is 0. The number of hydrazine groups is 1. The van der Waals surface area contributed by atoms with Gasteiger partial charge in [-0.05, 0) is 0 Å². The quantitative estimate of drug-likeness (QED) is 0.321. The van der Waals surface area contributed by atoms with Crippen molar-refractivity contribution in [2.75, 3.05) is 7.05 Å². The molecule has 2 aliphatic rings. The van der Waals surface area contributed by atoms with Gasteiger partial charge >= 0.3 is 0 Å². The summed E-state index contributed by atoms with van der Waals surface area (Å²) in [4.78, 5) is 7.63. The Balaban J connectivity index is 2.39. The average molecular weight is 182 g/mol. The molecule has 0 spiro atoms. The molecule has 0 aromatic rings. The molecule has 0 fully saturated rings. The van der Waals surface area contributed by atoms with Crippen LogP contribution in [0.3, 0.4) is 0 Å². The number of nitrogens with two attached hydrogens (primary N) is 1. The first-order chi connectivity index (χ1) is 6.15. The summed E-state index contributed by atoms with van der Waals surface area (Å²) in [6.45, 7) is 0. The van der Waals surface area contributed by atoms with E-state index in [1.807, 2.05) is 0 Å². The molecule has 5 N–H and O–H groups in total. The first-order valence-corrected chi connectivity index (χ1v) is 3.69. The molecular formula is C6H10N6O. The minimum absolute atomic E-state index is 0.354. The summed E-state index contributed by atoms with van der Waals surface area (Å²) in [5, 5.41) is 16.5. The van der Waals surface area contributed by atoms with Crippen LogP contribution in [0.1, 0.15) is 0 Å². The maximum absolute atomic E-state index is 9.83. The third-order valence-corrected chi connectivity index (χ3v) is 1.86. The zero-order chi connectivity index (χ0) is 9.47. The highest BCUT2D eigenvalue weighted by atomic mass is 16.3. The molecule has 0 amide bonds. The summed E-state index contributed by atoms with van der Waals surface area (Å²) < 4.78 is 0. The zero-order valence-electron chi connectivity index (χ0n) is 7.02. The molecule has 2 rings (SSSR count). The van der Waals surface area contributed by atoms with Crippen molar-refractivity contribution >= 4 is 12.3 Å². The maximum atomic E-state index is 9.83. The monoisotopic (exact) mass is 182 g/mol. The Labute approximate surface area is 74.6 Å². The predicted octanol–water partition coefficient (Wildman–Crippen LogP) is -2.13. The Kier molecular flexibility index (Phi) is 1.51. The Bertz CT molecular complexity index is 321. The zero-order valence-corrected chi connectivity index (χ0v) is 7.02. The highest BCUT2D eigenvalue weighted by molar-refractivity contribution is 5.84. The second-order valence-electron chi connectivity index (χ2n) is 2.70. The smallest absolute Gasteiger partial charge is 0.282 e. The molecule has 0 aliphatic carbocycles. The van der Waals surface area contributed by atoms with Crippen LogP contribution in [0.5, 0.6) is 0 Å². The Morgan fingerprint density at radius 2 is 2.54 bits per heavy atom. The lowest BCUT2D eigenvalue weighted by atomic mass is 10.3. The van der Waals surface area contributed by atoms with Crippen LogP contribution in [0.15, 0.2) is 21.9 Å². The van der Waals surface area contributed by atoms with Crippen LogP contribution in [-0.2, 0) is 0 Å². The topological polar surface area (TPSA) is 98.3 Å². The van der Waals surface area contributed by atoms with Crippen LogP contribution in [0.2, 0.25) is 0 Å². The van der Waals surface area contributed by atoms with Gasteiger partial charge in [-0.15, -0.1) is 0 Å². The normalized spacial score (nSPS) is 33.9. The molecular weight excluding hydrogens is 172 g/mol. The molecule has 0 radical (unpaired) electrons. The Hall–Kier alpha value is -1.60. The summed E-state index contributed by atoms with van der Waals surface area (Å²) in [5.41, 5.74) is 0.474. The van der Waals surface area contributed by atoms with E-state index < -0.39 is 5.85 Å². The fourth-order valence-electron chi connectivity index (χ4n) is 1.18. The number of aliphatic imine (C=N–C) groups is 2. The van der Waals surface area contributed by atoms with Crippen molar-refractivity contribution in [1.29, 1.82) is 0 Å². The number of hydrogen-bond acceptors (Lipinski definition) is 5. The maximum Gasteiger partial charge on any atom is 0.282 e. The summed E-state index contributed by atoms with van der Waals surface area (Å²) in [5.74, 6) is 4.48. The molecule has 2 heterocycles. The third-order valence-electron chi connectivity index (χ3n) is 1.86. The Morgan fingerprint density at radius 1 is 1.77 bits per heavy atom. The van der Waals surface area contributed by atoms with Crippen molar-refractivity contribution in [2.45, 2.75) is 5.85 Å². The molecule has 1 unspecified atom stereocenters. The van der Waals surface area contributed by atoms with E-state index in [1.54, 1.807) is 7.05 Å². The van der Waals surface area contributed by atoms with Gasteiger partial charge in [0.25, 0.3) is 5.85 Å². The van der Waals surface area contributed by atoms with Crippen molar-refractivity contribution in [2.24, 2.45) is 15.8 Å². The number of nitrogens with one attached hydrogen (secondary N) is 2. The first-order valence-electron chi connectivity index (χ1n) is 3.69. The van der Waals surface area contributed by atoms with Crippen molar-refractivity contribution in [1.82, 2.24) is 15.6 Å². The molecule has 0 saturated heterocycles. The minimum Gasteiger partial charge on any atom is -0.348 e. The Morgan fingerprint density at radius 3 is 3.23 bits per heavy atom. The van der Waals surface area contributed by atoms with E-state index in [-0.39, 0.29) is 0 Å². The molecule has 0 aromatic carbocycles. The van der Waals surface area contributed by atoms with Crippen LogP contribution in [0, 0.1) is 0 Å². The highest BCUT2D eigenvalue weighted by Crippen LogP contribution is 2.20. The number of guanidine groups is 1. The van der Waals surface area contributed by atoms with Gasteiger partial charge < -0.3 is 15.7 Å². The van der Waals surface area contributed by atoms with E-state index in [0.717, 1.165) is 0 Å². The van der Waals surface area contributed by atoms with Gasteiger partial charge in [0, 0.05) is 7.05 Å². The lowest BCUT2D eigenvalue weighted by Crippen LogP contribution is -2.58. The van der Waals surface area contributed by atoms with Gasteiger partial charge in [0.15, 0.2) is 0 Å². The number of aliphatic hydroxyl groups is 1. The molecule has 2 aliphatic heterocycles. The van der Waals surface area contributed by atoms with Crippen molar-refractivity contribution in [3.8, 4) is 0 Å². The van der Waals surface area contributed by atoms with E-state index in [4.69, 9.17) is 5.84 Å². The second kappa shape index (κ2) is 2.44. The van der Waals surface area contributed by atoms with E-state index in [0.29, 0.717) is 11.7 Å². The largest absolute Gasteiger partial charge is 0.348 e. The van der Waals surface area contributed by atoms with Crippen LogP contribution < -0.4 is 16.5 Å². The molecule has 0 aromatic heterocycles. The lowest BCUT2D eigenvalue weighted by Gasteiger charge is -2.32. The predicted molar refractivity (Wildman–Crippen MR) is 47.2 cm³/mol. The third kappa shape index (κ3) is 1.05. The van der Waals surface area contributed by atoms with E-state index in [1.165, 1.54) is 17.5 Å². The molecule has 13 heavy (non-hydrogen) atoms. The summed E-state index contributed by atoms with van der Waals surface area (Å²) in [6.07, 6.45) is 2.91. The standard InChI is InChI=1S/C6H10N6O/c1-8-5-11-6(13)4(2-12(5)7)9-3-10-6/h2-3,13H,7H2,1H3,(H,8,11)(H,9,10). The van der Waals surface area contributed by atoms with Crippen LogP contribution >= 0.6 is 0 Å². The molecule has 7 nitrogen and oxygen atoms in total. The minimum atomic E-state index is -1.44. The van der Waals surface area contributed by atoms with Gasteiger partial charge in [-0.2, -0.15) is 0 Å². The van der Waals surface area contributed by atoms with Gasteiger partial charge in [-0.3, -0.25) is 10.0 Å². The lowest BCUT2D eigenvalue weighted by molar-refractivity contribution is 0.0651. The molecule has 0 bridgehead atoms. The van der Waals surface area contributed by atoms with Gasteiger partial charge in [0.05, 0.1) is 12.5 Å². The highest BCUT2D eigenvalue weighted by Gasteiger charge is 2.39. The summed E-state index contributed by atoms with van der Waals surface area (Å²) in [7, 11) is 1.57. The molecule has 0 saturated carbocycles. The van der Waals surface area contributed by atoms with Gasteiger partial charge in [-0.25, -0.2) is 10.8 Å². The van der Waals surface area contributed by atoms with Crippen molar-refractivity contribution in [3.63, 3.8) is 0 Å². The van der Waals surface area contributed by atoms with E-state index in [2.05, 4.69) is 20.6 Å². The number of rotatable bonds is 0. The van der Waals surface area contributed by atoms with Crippen LogP contribution in [0.4, 0.5) is 0 Å². The van der Waals surface area contributed by atoms with Gasteiger partial charge in [0.2, 0.25) is 5.96 Å². The van der Waals surface area contributed by atoms with Crippen molar-refractivity contribution in [3.05, 3.63) is 11.9 Å². The SMILES string of the molecule is CN=C1NC2(O)N=CNC2=CN1N. The fraction of sp³-hybridized carbons (Fsp3) is 0.333. The summed E-state index contributed by atoms with van der Waals surface area (Å²) >= 11 is 0. The fourth-order valence-corrected chi connectivity index (χ4v) is 1.18. The average Bonchev–Trinajstić information content (AvgIpc) is 2.45. The molecule has 7 heteroatoms. The van der Waals surface area contributed by atoms with Crippen LogP contribution in [0.25, 0.3) is 0 Å². The van der Waals surface area contributed by atoms with E-state index in [9.17, 15) is 5.11 Å². The number of fused-ring (bicyclic) bond motifs is 1. The first kappa shape index (κ1) is 8.02. The van der Waals surface area contributed by atoms with Gasteiger partial charge in [0.1, 0.15) is 5.70 Å².